The van der Waals surface area contributed by atoms with Crippen molar-refractivity contribution in [3.63, 3.8) is 0 Å². The molecule has 1 aliphatic rings. The number of hydrazone groups is 1. The van der Waals surface area contributed by atoms with E-state index in [0.29, 0.717) is 5.75 Å². The highest BCUT2D eigenvalue weighted by molar-refractivity contribution is 5.87. The first-order valence-corrected chi connectivity index (χ1v) is 7.17. The zero-order valence-corrected chi connectivity index (χ0v) is 12.2. The minimum Gasteiger partial charge on any atom is -0.484 e. The van der Waals surface area contributed by atoms with E-state index in [0.717, 1.165) is 42.9 Å². The number of hydrogen-bond donors (Lipinski definition) is 1. The summed E-state index contributed by atoms with van der Waals surface area (Å²) in [7, 11) is 0. The molecule has 1 aromatic carbocycles. The second-order valence-electron chi connectivity index (χ2n) is 5.50. The first-order valence-electron chi connectivity index (χ1n) is 7.17. The predicted molar refractivity (Wildman–Crippen MR) is 79.9 cm³/mol. The van der Waals surface area contributed by atoms with Crippen molar-refractivity contribution in [1.82, 2.24) is 5.43 Å². The number of nitrogens with zero attached hydrogens (tertiary/aromatic N) is 1. The Kier molecular flexibility index (Phi) is 5.16. The molecule has 0 aliphatic heterocycles. The van der Waals surface area contributed by atoms with Crippen LogP contribution in [-0.2, 0) is 4.79 Å². The number of nitrogens with one attached hydrogen (secondary N) is 1. The molecule has 108 valence electrons. The van der Waals surface area contributed by atoms with Gasteiger partial charge in [-0.05, 0) is 56.2 Å². The lowest BCUT2D eigenvalue weighted by Crippen LogP contribution is -2.26. The zero-order chi connectivity index (χ0) is 14.4. The Morgan fingerprint density at radius 1 is 1.40 bits per heavy atom. The molecular formula is C16H22N2O2. The molecule has 4 heteroatoms. The van der Waals surface area contributed by atoms with Crippen LogP contribution in [0.15, 0.2) is 29.4 Å². The molecule has 2 rings (SSSR count). The summed E-state index contributed by atoms with van der Waals surface area (Å²) in [6, 6.07) is 7.64. The summed E-state index contributed by atoms with van der Waals surface area (Å²) in [6.45, 7) is 4.24. The summed E-state index contributed by atoms with van der Waals surface area (Å²) in [4.78, 5) is 11.7. The number of rotatable bonds is 4. The largest absolute Gasteiger partial charge is 0.484 e. The van der Waals surface area contributed by atoms with E-state index in [4.69, 9.17) is 4.74 Å². The summed E-state index contributed by atoms with van der Waals surface area (Å²) in [5.74, 6) is 1.27. The molecule has 0 unspecified atom stereocenters. The molecule has 4 nitrogen and oxygen atoms in total. The van der Waals surface area contributed by atoms with E-state index in [-0.39, 0.29) is 12.5 Å². The van der Waals surface area contributed by atoms with Gasteiger partial charge in [0.15, 0.2) is 6.61 Å². The first kappa shape index (κ1) is 14.6. The van der Waals surface area contributed by atoms with Crippen molar-refractivity contribution in [3.8, 4) is 5.75 Å². The van der Waals surface area contributed by atoms with E-state index in [1.165, 1.54) is 0 Å². The van der Waals surface area contributed by atoms with Crippen molar-refractivity contribution < 1.29 is 9.53 Å². The van der Waals surface area contributed by atoms with Gasteiger partial charge in [0, 0.05) is 5.71 Å². The summed E-state index contributed by atoms with van der Waals surface area (Å²) in [6.07, 6.45) is 4.29. The lowest BCUT2D eigenvalue weighted by molar-refractivity contribution is -0.123. The van der Waals surface area contributed by atoms with Gasteiger partial charge in [-0.15, -0.1) is 0 Å². The number of hydrogen-bond acceptors (Lipinski definition) is 3. The van der Waals surface area contributed by atoms with Crippen LogP contribution in [0, 0.1) is 12.8 Å². The molecule has 1 fully saturated rings. The van der Waals surface area contributed by atoms with Gasteiger partial charge in [0.1, 0.15) is 5.75 Å². The highest BCUT2D eigenvalue weighted by atomic mass is 16.5. The molecular weight excluding hydrogens is 252 g/mol. The SMILES string of the molecule is Cc1cccc(OCC(=O)NN=C2CCC(C)CC2)c1. The summed E-state index contributed by atoms with van der Waals surface area (Å²) >= 11 is 0. The van der Waals surface area contributed by atoms with E-state index in [2.05, 4.69) is 17.5 Å². The van der Waals surface area contributed by atoms with Crippen LogP contribution in [0.2, 0.25) is 0 Å². The van der Waals surface area contributed by atoms with Crippen LogP contribution in [-0.4, -0.2) is 18.2 Å². The maximum atomic E-state index is 11.7. The number of aryl methyl sites for hydroxylation is 1. The zero-order valence-electron chi connectivity index (χ0n) is 12.2. The van der Waals surface area contributed by atoms with Crippen LogP contribution in [0.3, 0.4) is 0 Å². The molecule has 1 N–H and O–H groups in total. The summed E-state index contributed by atoms with van der Waals surface area (Å²) in [5, 5.41) is 4.18. The molecule has 0 radical (unpaired) electrons. The van der Waals surface area contributed by atoms with Crippen molar-refractivity contribution >= 4 is 11.6 Å². The fourth-order valence-corrected chi connectivity index (χ4v) is 2.23. The van der Waals surface area contributed by atoms with Gasteiger partial charge in [0.2, 0.25) is 0 Å². The standard InChI is InChI=1S/C16H22N2O2/c1-12-6-8-14(9-7-12)17-18-16(19)11-20-15-5-3-4-13(2)10-15/h3-5,10,12H,6-9,11H2,1-2H3,(H,18,19). The van der Waals surface area contributed by atoms with E-state index >= 15 is 0 Å². The number of amides is 1. The minimum absolute atomic E-state index is 0.00334. The van der Waals surface area contributed by atoms with Gasteiger partial charge >= 0.3 is 0 Å². The number of carbonyl (C=O) groups is 1. The highest BCUT2D eigenvalue weighted by Crippen LogP contribution is 2.20. The Labute approximate surface area is 120 Å². The molecule has 0 aromatic heterocycles. The van der Waals surface area contributed by atoms with Gasteiger partial charge < -0.3 is 4.74 Å². The molecule has 0 saturated heterocycles. The van der Waals surface area contributed by atoms with Crippen molar-refractivity contribution in [3.05, 3.63) is 29.8 Å². The van der Waals surface area contributed by atoms with Crippen molar-refractivity contribution in [2.75, 3.05) is 6.61 Å². The Hall–Kier alpha value is -1.84. The monoisotopic (exact) mass is 274 g/mol. The average molecular weight is 274 g/mol. The molecule has 1 amide bonds. The maximum absolute atomic E-state index is 11.7. The normalized spacial score (nSPS) is 18.5. The quantitative estimate of drug-likeness (QED) is 0.858. The fraction of sp³-hybridized carbons (Fsp3) is 0.500. The Morgan fingerprint density at radius 3 is 2.85 bits per heavy atom. The predicted octanol–water partition coefficient (Wildman–Crippen LogP) is 3.06. The van der Waals surface area contributed by atoms with Crippen molar-refractivity contribution in [2.45, 2.75) is 39.5 Å². The smallest absolute Gasteiger partial charge is 0.277 e. The fourth-order valence-electron chi connectivity index (χ4n) is 2.23. The Balaban J connectivity index is 1.74. The van der Waals surface area contributed by atoms with E-state index in [9.17, 15) is 4.79 Å². The second-order valence-corrected chi connectivity index (χ2v) is 5.50. The molecule has 1 aromatic rings. The van der Waals surface area contributed by atoms with Crippen LogP contribution in [0.5, 0.6) is 5.75 Å². The van der Waals surface area contributed by atoms with Crippen LogP contribution in [0.25, 0.3) is 0 Å². The highest BCUT2D eigenvalue weighted by Gasteiger charge is 2.13. The van der Waals surface area contributed by atoms with Gasteiger partial charge in [-0.2, -0.15) is 5.10 Å². The number of benzene rings is 1. The third kappa shape index (κ3) is 4.68. The van der Waals surface area contributed by atoms with Gasteiger partial charge in [0.25, 0.3) is 5.91 Å². The second kappa shape index (κ2) is 7.08. The number of ether oxygens (including phenoxy) is 1. The van der Waals surface area contributed by atoms with E-state index < -0.39 is 0 Å². The van der Waals surface area contributed by atoms with Gasteiger partial charge in [0.05, 0.1) is 0 Å². The molecule has 1 saturated carbocycles. The van der Waals surface area contributed by atoms with Gasteiger partial charge in [-0.1, -0.05) is 19.1 Å². The van der Waals surface area contributed by atoms with Crippen LogP contribution in [0.1, 0.15) is 38.2 Å². The molecule has 0 bridgehead atoms. The molecule has 0 atom stereocenters. The molecule has 0 heterocycles. The first-order chi connectivity index (χ1) is 9.63. The van der Waals surface area contributed by atoms with Gasteiger partial charge in [-0.25, -0.2) is 5.43 Å². The topological polar surface area (TPSA) is 50.7 Å². The lowest BCUT2D eigenvalue weighted by Gasteiger charge is -2.18. The lowest BCUT2D eigenvalue weighted by atomic mass is 9.90. The van der Waals surface area contributed by atoms with Crippen molar-refractivity contribution in [1.29, 1.82) is 0 Å². The number of carbonyl (C=O) groups excluding carboxylic acids is 1. The minimum atomic E-state index is -0.211. The molecule has 0 spiro atoms. The maximum Gasteiger partial charge on any atom is 0.277 e. The Morgan fingerprint density at radius 2 is 2.15 bits per heavy atom. The van der Waals surface area contributed by atoms with Crippen molar-refractivity contribution in [2.24, 2.45) is 11.0 Å². The summed E-state index contributed by atoms with van der Waals surface area (Å²) < 4.78 is 5.42. The van der Waals surface area contributed by atoms with Gasteiger partial charge in [-0.3, -0.25) is 4.79 Å². The average Bonchev–Trinajstić information content (AvgIpc) is 2.45. The molecule has 1 aliphatic carbocycles. The molecule has 20 heavy (non-hydrogen) atoms. The van der Waals surface area contributed by atoms with Crippen LogP contribution in [0.4, 0.5) is 0 Å². The third-order valence-corrected chi connectivity index (χ3v) is 3.55. The Bertz CT molecular complexity index is 487. The third-order valence-electron chi connectivity index (χ3n) is 3.55. The van der Waals surface area contributed by atoms with Crippen LogP contribution >= 0.6 is 0 Å². The summed E-state index contributed by atoms with van der Waals surface area (Å²) in [5.41, 5.74) is 4.78. The van der Waals surface area contributed by atoms with E-state index in [1.54, 1.807) is 0 Å². The van der Waals surface area contributed by atoms with E-state index in [1.807, 2.05) is 31.2 Å². The van der Waals surface area contributed by atoms with Crippen LogP contribution < -0.4 is 10.2 Å².